The van der Waals surface area contributed by atoms with Crippen LogP contribution in [0.2, 0.25) is 0 Å². The second-order valence-electron chi connectivity index (χ2n) is 7.04. The Bertz CT molecular complexity index is 409. The largest absolute Gasteiger partial charge is 0.355 e. The van der Waals surface area contributed by atoms with Gasteiger partial charge in [0.15, 0.2) is 0 Å². The minimum Gasteiger partial charge on any atom is -0.355 e. The van der Waals surface area contributed by atoms with Crippen LogP contribution in [0, 0.1) is 5.41 Å². The van der Waals surface area contributed by atoms with Crippen LogP contribution >= 0.6 is 0 Å². The van der Waals surface area contributed by atoms with Crippen molar-refractivity contribution in [3.8, 4) is 0 Å². The van der Waals surface area contributed by atoms with Crippen LogP contribution in [0.15, 0.2) is 0 Å². The lowest BCUT2D eigenvalue weighted by Crippen LogP contribution is -2.48. The van der Waals surface area contributed by atoms with Gasteiger partial charge in [0.2, 0.25) is 17.7 Å². The lowest BCUT2D eigenvalue weighted by molar-refractivity contribution is -0.130. The van der Waals surface area contributed by atoms with E-state index in [4.69, 9.17) is 0 Å². The monoisotopic (exact) mass is 311 g/mol. The lowest BCUT2D eigenvalue weighted by atomic mass is 9.96. The summed E-state index contributed by atoms with van der Waals surface area (Å²) in [6, 6.07) is -0.302. The van der Waals surface area contributed by atoms with Crippen molar-refractivity contribution in [2.24, 2.45) is 5.41 Å². The standard InChI is InChI=1S/C16H29N3O3/c1-11(14(21)19-12-7-5-6-8-12)18-13(20)9-10-17-15(22)16(2,3)4/h11-12H,5-10H2,1-4H3,(H,17,22)(H,18,20)(H,19,21)/t11-/m0/s1. The van der Waals surface area contributed by atoms with Crippen molar-refractivity contribution in [1.29, 1.82) is 0 Å². The van der Waals surface area contributed by atoms with E-state index in [1.54, 1.807) is 6.92 Å². The smallest absolute Gasteiger partial charge is 0.242 e. The maximum absolute atomic E-state index is 12.0. The summed E-state index contributed by atoms with van der Waals surface area (Å²) < 4.78 is 0. The molecule has 0 heterocycles. The maximum atomic E-state index is 12.0. The van der Waals surface area contributed by atoms with Crippen molar-refractivity contribution >= 4 is 17.7 Å². The highest BCUT2D eigenvalue weighted by Gasteiger charge is 2.23. The Morgan fingerprint density at radius 3 is 2.27 bits per heavy atom. The molecule has 1 saturated carbocycles. The molecule has 1 aliphatic rings. The lowest BCUT2D eigenvalue weighted by Gasteiger charge is -2.19. The third kappa shape index (κ3) is 6.45. The first-order valence-corrected chi connectivity index (χ1v) is 8.08. The summed E-state index contributed by atoms with van der Waals surface area (Å²) >= 11 is 0. The van der Waals surface area contributed by atoms with Crippen LogP contribution in [0.1, 0.15) is 59.8 Å². The molecule has 126 valence electrons. The molecule has 0 aromatic carbocycles. The molecule has 0 aromatic heterocycles. The number of rotatable bonds is 6. The number of nitrogens with one attached hydrogen (secondary N) is 3. The molecule has 1 atom stereocenters. The molecule has 1 fully saturated rings. The summed E-state index contributed by atoms with van der Waals surface area (Å²) in [6.07, 6.45) is 4.51. The van der Waals surface area contributed by atoms with Crippen LogP contribution in [-0.4, -0.2) is 36.3 Å². The molecule has 0 saturated heterocycles. The minimum absolute atomic E-state index is 0.0904. The van der Waals surface area contributed by atoms with Crippen molar-refractivity contribution in [2.75, 3.05) is 6.54 Å². The SMILES string of the molecule is C[C@H](NC(=O)CCNC(=O)C(C)(C)C)C(=O)NC1CCCC1. The molecular formula is C16H29N3O3. The van der Waals surface area contributed by atoms with Gasteiger partial charge in [-0.3, -0.25) is 14.4 Å². The van der Waals surface area contributed by atoms with E-state index in [2.05, 4.69) is 16.0 Å². The van der Waals surface area contributed by atoms with Crippen molar-refractivity contribution in [3.63, 3.8) is 0 Å². The summed E-state index contributed by atoms with van der Waals surface area (Å²) in [5.74, 6) is -0.463. The van der Waals surface area contributed by atoms with E-state index in [9.17, 15) is 14.4 Å². The fourth-order valence-corrected chi connectivity index (χ4v) is 2.33. The Morgan fingerprint density at radius 2 is 1.73 bits per heavy atom. The van der Waals surface area contributed by atoms with Crippen LogP contribution in [-0.2, 0) is 14.4 Å². The number of hydrogen-bond acceptors (Lipinski definition) is 3. The zero-order valence-electron chi connectivity index (χ0n) is 14.1. The van der Waals surface area contributed by atoms with Crippen LogP contribution in [0.25, 0.3) is 0 Å². The third-order valence-corrected chi connectivity index (χ3v) is 3.79. The molecule has 6 nitrogen and oxygen atoms in total. The van der Waals surface area contributed by atoms with Crippen LogP contribution in [0.5, 0.6) is 0 Å². The van der Waals surface area contributed by atoms with E-state index >= 15 is 0 Å². The highest BCUT2D eigenvalue weighted by atomic mass is 16.2. The molecule has 22 heavy (non-hydrogen) atoms. The third-order valence-electron chi connectivity index (χ3n) is 3.79. The van der Waals surface area contributed by atoms with Gasteiger partial charge in [-0.25, -0.2) is 0 Å². The molecule has 0 spiro atoms. The summed E-state index contributed by atoms with van der Waals surface area (Å²) in [5.41, 5.74) is -0.467. The van der Waals surface area contributed by atoms with Gasteiger partial charge in [0.05, 0.1) is 0 Å². The molecule has 1 rings (SSSR count). The Labute approximate surface area is 132 Å². The normalized spacial score (nSPS) is 16.9. The van der Waals surface area contributed by atoms with Gasteiger partial charge in [-0.2, -0.15) is 0 Å². The summed E-state index contributed by atoms with van der Waals surface area (Å²) in [5, 5.41) is 8.33. The Balaban J connectivity index is 2.23. The van der Waals surface area contributed by atoms with Crippen LogP contribution in [0.3, 0.4) is 0 Å². The van der Waals surface area contributed by atoms with Gasteiger partial charge < -0.3 is 16.0 Å². The van der Waals surface area contributed by atoms with E-state index in [0.29, 0.717) is 0 Å². The summed E-state index contributed by atoms with van der Waals surface area (Å²) in [7, 11) is 0. The molecule has 0 aliphatic heterocycles. The van der Waals surface area contributed by atoms with Crippen molar-refractivity contribution in [3.05, 3.63) is 0 Å². The van der Waals surface area contributed by atoms with E-state index in [1.807, 2.05) is 20.8 Å². The molecule has 0 bridgehead atoms. The molecule has 3 N–H and O–H groups in total. The Hall–Kier alpha value is -1.59. The van der Waals surface area contributed by atoms with Gasteiger partial charge in [-0.05, 0) is 19.8 Å². The van der Waals surface area contributed by atoms with E-state index < -0.39 is 11.5 Å². The highest BCUT2D eigenvalue weighted by molar-refractivity contribution is 5.88. The second-order valence-corrected chi connectivity index (χ2v) is 7.04. The molecular weight excluding hydrogens is 282 g/mol. The second kappa shape index (κ2) is 8.15. The van der Waals surface area contributed by atoms with Crippen LogP contribution in [0.4, 0.5) is 0 Å². The molecule has 0 aromatic rings. The molecule has 6 heteroatoms. The van der Waals surface area contributed by atoms with Crippen LogP contribution < -0.4 is 16.0 Å². The van der Waals surface area contributed by atoms with E-state index in [0.717, 1.165) is 25.7 Å². The predicted octanol–water partition coefficient (Wildman–Crippen LogP) is 1.10. The fourth-order valence-electron chi connectivity index (χ4n) is 2.33. The average Bonchev–Trinajstić information content (AvgIpc) is 2.90. The number of amides is 3. The van der Waals surface area contributed by atoms with Crippen molar-refractivity contribution in [1.82, 2.24) is 16.0 Å². The van der Waals surface area contributed by atoms with Crippen molar-refractivity contribution in [2.45, 2.75) is 71.9 Å². The molecule has 3 amide bonds. The molecule has 0 unspecified atom stereocenters. The van der Waals surface area contributed by atoms with Gasteiger partial charge >= 0.3 is 0 Å². The van der Waals surface area contributed by atoms with E-state index in [-0.39, 0.29) is 36.7 Å². The zero-order chi connectivity index (χ0) is 16.8. The summed E-state index contributed by atoms with van der Waals surface area (Å²) in [6.45, 7) is 7.41. The predicted molar refractivity (Wildman–Crippen MR) is 85.1 cm³/mol. The van der Waals surface area contributed by atoms with Gasteiger partial charge in [0.1, 0.15) is 6.04 Å². The number of hydrogen-bond donors (Lipinski definition) is 3. The van der Waals surface area contributed by atoms with Gasteiger partial charge in [-0.15, -0.1) is 0 Å². The zero-order valence-corrected chi connectivity index (χ0v) is 14.1. The topological polar surface area (TPSA) is 87.3 Å². The average molecular weight is 311 g/mol. The quantitative estimate of drug-likeness (QED) is 0.686. The Kier molecular flexibility index (Phi) is 6.84. The van der Waals surface area contributed by atoms with E-state index in [1.165, 1.54) is 0 Å². The molecule has 1 aliphatic carbocycles. The first kappa shape index (κ1) is 18.5. The highest BCUT2D eigenvalue weighted by Crippen LogP contribution is 2.17. The van der Waals surface area contributed by atoms with Gasteiger partial charge in [-0.1, -0.05) is 33.6 Å². The first-order chi connectivity index (χ1) is 10.2. The molecule has 0 radical (unpaired) electrons. The van der Waals surface area contributed by atoms with Gasteiger partial charge in [0, 0.05) is 24.4 Å². The minimum atomic E-state index is -0.550. The first-order valence-electron chi connectivity index (χ1n) is 8.08. The number of carbonyl (C=O) groups is 3. The Morgan fingerprint density at radius 1 is 1.14 bits per heavy atom. The maximum Gasteiger partial charge on any atom is 0.242 e. The summed E-state index contributed by atoms with van der Waals surface area (Å²) in [4.78, 5) is 35.4. The van der Waals surface area contributed by atoms with Gasteiger partial charge in [0.25, 0.3) is 0 Å². The van der Waals surface area contributed by atoms with Crippen molar-refractivity contribution < 1.29 is 14.4 Å². The fraction of sp³-hybridized carbons (Fsp3) is 0.812. The number of carbonyl (C=O) groups excluding carboxylic acids is 3.